The summed E-state index contributed by atoms with van der Waals surface area (Å²) in [4.78, 5) is 0. The number of nitrogens with two attached hydrogens (primary N) is 1. The highest BCUT2D eigenvalue weighted by molar-refractivity contribution is 5.13. The molecule has 0 aliphatic rings. The van der Waals surface area contributed by atoms with Gasteiger partial charge in [-0.3, -0.25) is 0 Å². The number of hydrogen-bond donors (Lipinski definition) is 2. The van der Waals surface area contributed by atoms with Crippen LogP contribution in [0.2, 0.25) is 0 Å². The predicted molar refractivity (Wildman–Crippen MR) is 71.2 cm³/mol. The Balaban J connectivity index is 2.30. The van der Waals surface area contributed by atoms with Crippen molar-refractivity contribution in [3.63, 3.8) is 0 Å². The van der Waals surface area contributed by atoms with Crippen molar-refractivity contribution >= 4 is 0 Å². The first-order valence-electron chi connectivity index (χ1n) is 6.27. The molecule has 102 valence electrons. The lowest BCUT2D eigenvalue weighted by Gasteiger charge is -2.28. The number of aliphatic hydroxyl groups is 1. The molecule has 0 radical (unpaired) electrons. The van der Waals surface area contributed by atoms with Crippen molar-refractivity contribution in [1.29, 1.82) is 0 Å². The van der Waals surface area contributed by atoms with Crippen molar-refractivity contribution in [1.82, 2.24) is 0 Å². The maximum atomic E-state index is 8.72. The minimum atomic E-state index is -0.482. The first-order valence-corrected chi connectivity index (χ1v) is 6.27. The highest BCUT2D eigenvalue weighted by Crippen LogP contribution is 2.11. The zero-order valence-electron chi connectivity index (χ0n) is 11.0. The smallest absolute Gasteiger partial charge is 0.101 e. The fourth-order valence-electron chi connectivity index (χ4n) is 1.50. The summed E-state index contributed by atoms with van der Waals surface area (Å²) in [6.07, 6.45) is 0.619. The minimum absolute atomic E-state index is 0.130. The largest absolute Gasteiger partial charge is 0.396 e. The molecular formula is C14H23NO3. The van der Waals surface area contributed by atoms with Crippen LogP contribution in [0.1, 0.15) is 18.9 Å². The van der Waals surface area contributed by atoms with E-state index in [1.165, 1.54) is 0 Å². The van der Waals surface area contributed by atoms with E-state index in [-0.39, 0.29) is 6.61 Å². The molecule has 0 amide bonds. The van der Waals surface area contributed by atoms with E-state index in [0.29, 0.717) is 32.8 Å². The van der Waals surface area contributed by atoms with Gasteiger partial charge in [0.25, 0.3) is 0 Å². The molecule has 0 aromatic heterocycles. The van der Waals surface area contributed by atoms with Crippen molar-refractivity contribution < 1.29 is 14.6 Å². The number of rotatable bonds is 9. The highest BCUT2D eigenvalue weighted by atomic mass is 16.5. The van der Waals surface area contributed by atoms with E-state index in [1.54, 1.807) is 0 Å². The van der Waals surface area contributed by atoms with Gasteiger partial charge in [0.2, 0.25) is 0 Å². The molecule has 0 bridgehead atoms. The first-order chi connectivity index (χ1) is 8.70. The molecule has 18 heavy (non-hydrogen) atoms. The highest BCUT2D eigenvalue weighted by Gasteiger charge is 2.23. The Morgan fingerprint density at radius 3 is 2.61 bits per heavy atom. The van der Waals surface area contributed by atoms with Crippen molar-refractivity contribution in [3.05, 3.63) is 35.9 Å². The Kier molecular flexibility index (Phi) is 6.90. The van der Waals surface area contributed by atoms with Gasteiger partial charge in [0.05, 0.1) is 13.2 Å². The van der Waals surface area contributed by atoms with E-state index in [9.17, 15) is 0 Å². The van der Waals surface area contributed by atoms with Crippen molar-refractivity contribution in [2.24, 2.45) is 5.73 Å². The Morgan fingerprint density at radius 1 is 1.28 bits per heavy atom. The molecule has 1 rings (SSSR count). The molecule has 1 atom stereocenters. The molecule has 3 N–H and O–H groups in total. The van der Waals surface area contributed by atoms with Crippen LogP contribution in [0.4, 0.5) is 0 Å². The molecule has 1 unspecified atom stereocenters. The average Bonchev–Trinajstić information content (AvgIpc) is 2.40. The summed E-state index contributed by atoms with van der Waals surface area (Å²) in [6.45, 7) is 3.95. The van der Waals surface area contributed by atoms with Crippen LogP contribution in [0.5, 0.6) is 0 Å². The SMILES string of the molecule is CC(CN)(COCc1ccccc1)OCCCO. The molecule has 1 aromatic rings. The third-order valence-corrected chi connectivity index (χ3v) is 2.70. The number of ether oxygens (including phenoxy) is 2. The summed E-state index contributed by atoms with van der Waals surface area (Å²) in [5.41, 5.74) is 6.35. The van der Waals surface area contributed by atoms with Gasteiger partial charge in [0, 0.05) is 19.8 Å². The fraction of sp³-hybridized carbons (Fsp3) is 0.571. The lowest BCUT2D eigenvalue weighted by molar-refractivity contribution is -0.0868. The predicted octanol–water partition coefficient (Wildman–Crippen LogP) is 1.32. The Morgan fingerprint density at radius 2 is 2.00 bits per heavy atom. The van der Waals surface area contributed by atoms with Gasteiger partial charge >= 0.3 is 0 Å². The maximum absolute atomic E-state index is 8.72. The molecule has 0 aliphatic heterocycles. The van der Waals surface area contributed by atoms with Crippen LogP contribution in [-0.2, 0) is 16.1 Å². The quantitative estimate of drug-likeness (QED) is 0.651. The van der Waals surface area contributed by atoms with Gasteiger partial charge in [-0.05, 0) is 18.9 Å². The molecule has 0 saturated carbocycles. The van der Waals surface area contributed by atoms with Crippen LogP contribution in [-0.4, -0.2) is 37.1 Å². The third-order valence-electron chi connectivity index (χ3n) is 2.70. The van der Waals surface area contributed by atoms with E-state index in [0.717, 1.165) is 5.56 Å². The Hall–Kier alpha value is -0.940. The van der Waals surface area contributed by atoms with Gasteiger partial charge in [-0.2, -0.15) is 0 Å². The first kappa shape index (κ1) is 15.1. The summed E-state index contributed by atoms with van der Waals surface area (Å²) in [6, 6.07) is 9.99. The lowest BCUT2D eigenvalue weighted by atomic mass is 10.1. The number of hydrogen-bond acceptors (Lipinski definition) is 4. The second kappa shape index (κ2) is 8.21. The Labute approximate surface area is 109 Å². The van der Waals surface area contributed by atoms with E-state index in [2.05, 4.69) is 0 Å². The van der Waals surface area contributed by atoms with E-state index in [4.69, 9.17) is 20.3 Å². The van der Waals surface area contributed by atoms with Gasteiger partial charge in [-0.1, -0.05) is 30.3 Å². The second-order valence-electron chi connectivity index (χ2n) is 4.56. The number of benzene rings is 1. The molecule has 0 spiro atoms. The fourth-order valence-corrected chi connectivity index (χ4v) is 1.50. The molecule has 1 aromatic carbocycles. The summed E-state index contributed by atoms with van der Waals surface area (Å²) < 4.78 is 11.3. The molecule has 4 nitrogen and oxygen atoms in total. The average molecular weight is 253 g/mol. The molecule has 0 heterocycles. The standard InChI is InChI=1S/C14H23NO3/c1-14(11-15,18-9-5-8-16)12-17-10-13-6-3-2-4-7-13/h2-4,6-7,16H,5,8-12,15H2,1H3. The van der Waals surface area contributed by atoms with Crippen molar-refractivity contribution in [3.8, 4) is 0 Å². The monoisotopic (exact) mass is 253 g/mol. The van der Waals surface area contributed by atoms with Gasteiger partial charge in [0.1, 0.15) is 5.60 Å². The topological polar surface area (TPSA) is 64.7 Å². The van der Waals surface area contributed by atoms with Gasteiger partial charge in [-0.25, -0.2) is 0 Å². The van der Waals surface area contributed by atoms with E-state index in [1.807, 2.05) is 37.3 Å². The van der Waals surface area contributed by atoms with Crippen molar-refractivity contribution in [2.45, 2.75) is 25.6 Å². The van der Waals surface area contributed by atoms with Crippen molar-refractivity contribution in [2.75, 3.05) is 26.4 Å². The molecule has 4 heteroatoms. The van der Waals surface area contributed by atoms with Crippen LogP contribution in [0, 0.1) is 0 Å². The zero-order valence-corrected chi connectivity index (χ0v) is 11.0. The normalized spacial score (nSPS) is 14.4. The van der Waals surface area contributed by atoms with E-state index < -0.39 is 5.60 Å². The van der Waals surface area contributed by atoms with Gasteiger partial charge in [-0.15, -0.1) is 0 Å². The second-order valence-corrected chi connectivity index (χ2v) is 4.56. The van der Waals surface area contributed by atoms with Crippen LogP contribution in [0.3, 0.4) is 0 Å². The summed E-state index contributed by atoms with van der Waals surface area (Å²) >= 11 is 0. The van der Waals surface area contributed by atoms with Crippen LogP contribution in [0.25, 0.3) is 0 Å². The molecule has 0 fully saturated rings. The minimum Gasteiger partial charge on any atom is -0.396 e. The van der Waals surface area contributed by atoms with E-state index >= 15 is 0 Å². The summed E-state index contributed by atoms with van der Waals surface area (Å²) in [7, 11) is 0. The van der Waals surface area contributed by atoms with Crippen LogP contribution >= 0.6 is 0 Å². The number of aliphatic hydroxyl groups excluding tert-OH is 1. The lowest BCUT2D eigenvalue weighted by Crippen LogP contribution is -2.42. The molecular weight excluding hydrogens is 230 g/mol. The van der Waals surface area contributed by atoms with Crippen LogP contribution in [0.15, 0.2) is 30.3 Å². The zero-order chi connectivity index (χ0) is 13.3. The van der Waals surface area contributed by atoms with Crippen LogP contribution < -0.4 is 5.73 Å². The Bertz CT molecular complexity index is 318. The maximum Gasteiger partial charge on any atom is 0.101 e. The van der Waals surface area contributed by atoms with Gasteiger partial charge in [0.15, 0.2) is 0 Å². The molecule has 0 aliphatic carbocycles. The third kappa shape index (κ3) is 5.60. The molecule has 0 saturated heterocycles. The summed E-state index contributed by atoms with van der Waals surface area (Å²) in [5.74, 6) is 0. The summed E-state index contributed by atoms with van der Waals surface area (Å²) in [5, 5.41) is 8.72. The van der Waals surface area contributed by atoms with Gasteiger partial charge < -0.3 is 20.3 Å².